The Kier molecular flexibility index (Phi) is 5.10. The number of urea groups is 1. The second-order valence-electron chi connectivity index (χ2n) is 7.36. The quantitative estimate of drug-likeness (QED) is 0.758. The summed E-state index contributed by atoms with van der Waals surface area (Å²) in [5.41, 5.74) is 4.29. The van der Waals surface area contributed by atoms with E-state index in [9.17, 15) is 4.79 Å². The maximum absolute atomic E-state index is 12.5. The third-order valence-corrected chi connectivity index (χ3v) is 5.23. The number of pyridine rings is 1. The average molecular weight is 375 g/mol. The number of nitrogens with zero attached hydrogens (tertiary/aromatic N) is 4. The molecule has 1 saturated heterocycles. The fourth-order valence-corrected chi connectivity index (χ4v) is 3.74. The Balaban J connectivity index is 1.32. The Morgan fingerprint density at radius 1 is 1.18 bits per heavy atom. The van der Waals surface area contributed by atoms with Crippen molar-refractivity contribution in [3.05, 3.63) is 77.2 Å². The van der Waals surface area contributed by atoms with E-state index < -0.39 is 0 Å². The van der Waals surface area contributed by atoms with Gasteiger partial charge in [-0.05, 0) is 43.5 Å². The minimum Gasteiger partial charge on any atom is -0.334 e. The van der Waals surface area contributed by atoms with Crippen molar-refractivity contribution in [3.8, 4) is 5.82 Å². The van der Waals surface area contributed by atoms with E-state index in [1.165, 1.54) is 5.56 Å². The van der Waals surface area contributed by atoms with Crippen molar-refractivity contribution in [1.29, 1.82) is 0 Å². The number of hydrogen-bond acceptors (Lipinski definition) is 3. The molecule has 3 heterocycles. The first-order valence-corrected chi connectivity index (χ1v) is 9.66. The standard InChI is InChI=1S/C22H25N5O/c1-16-12-17(2)27(25-16)21-9-8-18(13-23-21)14-24-22(28)26-11-10-20(15-26)19-6-4-3-5-7-19/h3-9,12-13,20H,10-11,14-15H2,1-2H3,(H,24,28)/t20-/m1/s1. The van der Waals surface area contributed by atoms with E-state index >= 15 is 0 Å². The highest BCUT2D eigenvalue weighted by Crippen LogP contribution is 2.26. The molecule has 1 aliphatic rings. The van der Waals surface area contributed by atoms with E-state index in [0.717, 1.165) is 42.3 Å². The van der Waals surface area contributed by atoms with Crippen LogP contribution < -0.4 is 5.32 Å². The van der Waals surface area contributed by atoms with Crippen molar-refractivity contribution in [2.75, 3.05) is 13.1 Å². The molecule has 144 valence electrons. The number of benzene rings is 1. The molecule has 0 aliphatic carbocycles. The Bertz CT molecular complexity index is 949. The van der Waals surface area contributed by atoms with Crippen molar-refractivity contribution >= 4 is 6.03 Å². The molecule has 6 nitrogen and oxygen atoms in total. The highest BCUT2D eigenvalue weighted by atomic mass is 16.2. The van der Waals surface area contributed by atoms with Gasteiger partial charge >= 0.3 is 6.03 Å². The molecule has 2 amide bonds. The van der Waals surface area contributed by atoms with Gasteiger partial charge < -0.3 is 10.2 Å². The van der Waals surface area contributed by atoms with E-state index in [1.807, 2.05) is 47.7 Å². The van der Waals surface area contributed by atoms with Crippen LogP contribution in [0.3, 0.4) is 0 Å². The summed E-state index contributed by atoms with van der Waals surface area (Å²) >= 11 is 0. The van der Waals surface area contributed by atoms with E-state index in [1.54, 1.807) is 6.20 Å². The molecule has 0 spiro atoms. The third kappa shape index (κ3) is 3.91. The highest BCUT2D eigenvalue weighted by Gasteiger charge is 2.26. The van der Waals surface area contributed by atoms with Crippen molar-refractivity contribution in [2.45, 2.75) is 32.7 Å². The topological polar surface area (TPSA) is 63.1 Å². The molecule has 1 aromatic carbocycles. The van der Waals surface area contributed by atoms with Crippen LogP contribution in [-0.4, -0.2) is 38.8 Å². The van der Waals surface area contributed by atoms with Crippen LogP contribution in [0.1, 0.15) is 34.9 Å². The minimum absolute atomic E-state index is 0.0129. The smallest absolute Gasteiger partial charge is 0.317 e. The van der Waals surface area contributed by atoms with E-state index in [-0.39, 0.29) is 6.03 Å². The summed E-state index contributed by atoms with van der Waals surface area (Å²) in [6.45, 7) is 6.00. The second kappa shape index (κ2) is 7.84. The van der Waals surface area contributed by atoms with Gasteiger partial charge in [-0.25, -0.2) is 14.5 Å². The number of rotatable bonds is 4. The van der Waals surface area contributed by atoms with E-state index in [4.69, 9.17) is 0 Å². The van der Waals surface area contributed by atoms with E-state index in [0.29, 0.717) is 12.5 Å². The Morgan fingerprint density at radius 2 is 2.00 bits per heavy atom. The predicted octanol–water partition coefficient (Wildman–Crippen LogP) is 3.58. The zero-order chi connectivity index (χ0) is 19.5. The molecule has 6 heteroatoms. The van der Waals surface area contributed by atoms with Crippen LogP contribution in [-0.2, 0) is 6.54 Å². The lowest BCUT2D eigenvalue weighted by Crippen LogP contribution is -2.38. The van der Waals surface area contributed by atoms with Gasteiger partial charge in [0.05, 0.1) is 5.69 Å². The first kappa shape index (κ1) is 18.2. The van der Waals surface area contributed by atoms with Gasteiger partial charge in [0.2, 0.25) is 0 Å². The van der Waals surface area contributed by atoms with Crippen LogP contribution in [0, 0.1) is 13.8 Å². The monoisotopic (exact) mass is 375 g/mol. The van der Waals surface area contributed by atoms with Crippen LogP contribution in [0.15, 0.2) is 54.7 Å². The molecule has 2 aromatic heterocycles. The van der Waals surface area contributed by atoms with Gasteiger partial charge in [0.25, 0.3) is 0 Å². The van der Waals surface area contributed by atoms with Gasteiger partial charge in [0.15, 0.2) is 5.82 Å². The lowest BCUT2D eigenvalue weighted by atomic mass is 9.99. The summed E-state index contributed by atoms with van der Waals surface area (Å²) in [5.74, 6) is 1.21. The number of carbonyl (C=O) groups excluding carboxylic acids is 1. The van der Waals surface area contributed by atoms with Gasteiger partial charge in [0, 0.05) is 37.4 Å². The molecule has 0 unspecified atom stereocenters. The normalized spacial score (nSPS) is 16.4. The predicted molar refractivity (Wildman–Crippen MR) is 108 cm³/mol. The van der Waals surface area contributed by atoms with Crippen molar-refractivity contribution in [3.63, 3.8) is 0 Å². The number of amides is 2. The third-order valence-electron chi connectivity index (χ3n) is 5.23. The first-order valence-electron chi connectivity index (χ1n) is 9.66. The Hall–Kier alpha value is -3.15. The molecule has 28 heavy (non-hydrogen) atoms. The van der Waals surface area contributed by atoms with Crippen molar-refractivity contribution < 1.29 is 4.79 Å². The second-order valence-corrected chi connectivity index (χ2v) is 7.36. The summed E-state index contributed by atoms with van der Waals surface area (Å²) < 4.78 is 1.83. The van der Waals surface area contributed by atoms with Gasteiger partial charge in [0.1, 0.15) is 0 Å². The SMILES string of the molecule is Cc1cc(C)n(-c2ccc(CNC(=O)N3CC[C@@H](c4ccccc4)C3)cn2)n1. The summed E-state index contributed by atoms with van der Waals surface area (Å²) in [7, 11) is 0. The van der Waals surface area contributed by atoms with E-state index in [2.05, 4.69) is 39.7 Å². The molecule has 0 radical (unpaired) electrons. The molecule has 4 rings (SSSR count). The number of nitrogens with one attached hydrogen (secondary N) is 1. The summed E-state index contributed by atoms with van der Waals surface area (Å²) in [4.78, 5) is 18.9. The molecule has 3 aromatic rings. The maximum Gasteiger partial charge on any atom is 0.317 e. The average Bonchev–Trinajstić information content (AvgIpc) is 3.34. The molecule has 1 N–H and O–H groups in total. The Labute approximate surface area is 165 Å². The zero-order valence-electron chi connectivity index (χ0n) is 16.3. The number of aromatic nitrogens is 3. The molecule has 0 saturated carbocycles. The highest BCUT2D eigenvalue weighted by molar-refractivity contribution is 5.74. The number of carbonyl (C=O) groups is 1. The number of hydrogen-bond donors (Lipinski definition) is 1. The van der Waals surface area contributed by atoms with Crippen molar-refractivity contribution in [1.82, 2.24) is 25.0 Å². The maximum atomic E-state index is 12.5. The molecule has 1 fully saturated rings. The molecular weight excluding hydrogens is 350 g/mol. The van der Waals surface area contributed by atoms with Crippen LogP contribution >= 0.6 is 0 Å². The van der Waals surface area contributed by atoms with Crippen LogP contribution in [0.25, 0.3) is 5.82 Å². The minimum atomic E-state index is -0.0129. The van der Waals surface area contributed by atoms with Crippen LogP contribution in [0.5, 0.6) is 0 Å². The lowest BCUT2D eigenvalue weighted by molar-refractivity contribution is 0.208. The summed E-state index contributed by atoms with van der Waals surface area (Å²) in [6.07, 6.45) is 2.80. The number of likely N-dealkylation sites (tertiary alicyclic amines) is 1. The molecule has 1 atom stereocenters. The zero-order valence-corrected chi connectivity index (χ0v) is 16.3. The molecule has 1 aliphatic heterocycles. The number of aryl methyl sites for hydroxylation is 2. The summed E-state index contributed by atoms with van der Waals surface area (Å²) in [6, 6.07) is 16.3. The van der Waals surface area contributed by atoms with Gasteiger partial charge in [-0.1, -0.05) is 36.4 Å². The van der Waals surface area contributed by atoms with Gasteiger partial charge in [-0.2, -0.15) is 5.10 Å². The fraction of sp³-hybridized carbons (Fsp3) is 0.318. The molecule has 0 bridgehead atoms. The Morgan fingerprint density at radius 3 is 2.68 bits per heavy atom. The molecular formula is C22H25N5O. The van der Waals surface area contributed by atoms with Crippen LogP contribution in [0.4, 0.5) is 4.79 Å². The summed E-state index contributed by atoms with van der Waals surface area (Å²) in [5, 5.41) is 7.46. The van der Waals surface area contributed by atoms with Gasteiger partial charge in [-0.3, -0.25) is 0 Å². The van der Waals surface area contributed by atoms with Gasteiger partial charge in [-0.15, -0.1) is 0 Å². The van der Waals surface area contributed by atoms with Crippen LogP contribution in [0.2, 0.25) is 0 Å². The van der Waals surface area contributed by atoms with Crippen molar-refractivity contribution in [2.24, 2.45) is 0 Å². The lowest BCUT2D eigenvalue weighted by Gasteiger charge is -2.17. The largest absolute Gasteiger partial charge is 0.334 e. The first-order chi connectivity index (χ1) is 13.6. The fourth-order valence-electron chi connectivity index (χ4n) is 3.74.